The zero-order valence-corrected chi connectivity index (χ0v) is 31.2. The van der Waals surface area contributed by atoms with Crippen molar-refractivity contribution in [2.24, 2.45) is 23.2 Å². The molecule has 0 aromatic heterocycles. The van der Waals surface area contributed by atoms with Gasteiger partial charge in [0.05, 0.1) is 12.2 Å². The highest BCUT2D eigenvalue weighted by Gasteiger charge is 2.50. The summed E-state index contributed by atoms with van der Waals surface area (Å²) in [6.07, 6.45) is 14.7. The van der Waals surface area contributed by atoms with E-state index in [-0.39, 0.29) is 22.3 Å². The number of fused-ring (bicyclic) bond motifs is 1. The Bertz CT molecular complexity index is 1120. The molecule has 5 heteroatoms. The number of hydrogen-bond acceptors (Lipinski definition) is 3. The summed E-state index contributed by atoms with van der Waals surface area (Å²) in [6, 6.07) is 0. The van der Waals surface area contributed by atoms with E-state index in [1.165, 1.54) is 37.7 Å². The van der Waals surface area contributed by atoms with Crippen LogP contribution in [0.1, 0.15) is 107 Å². The molecule has 3 fully saturated rings. The van der Waals surface area contributed by atoms with Gasteiger partial charge in [-0.2, -0.15) is 0 Å². The molecule has 236 valence electrons. The van der Waals surface area contributed by atoms with Crippen LogP contribution in [0.2, 0.25) is 36.3 Å². The SMILES string of the molecule is C=C1/C(=C\C=C2/CCC[C@]3(C)[C@@H]([C@H](C)CC#CC=O)CC[C@@H]23)C[C@@H](O[Si](C)(C)C(C)(C)C)C[C@@H]1O[Si](C)(C)C(C)(C)C. The summed E-state index contributed by atoms with van der Waals surface area (Å²) in [6.45, 7) is 32.9. The van der Waals surface area contributed by atoms with Gasteiger partial charge in [-0.15, -0.1) is 0 Å². The first-order valence-corrected chi connectivity index (χ1v) is 22.4. The molecule has 0 aromatic rings. The van der Waals surface area contributed by atoms with E-state index in [1.54, 1.807) is 5.57 Å². The number of carbonyl (C=O) groups excluding carboxylic acids is 1. The van der Waals surface area contributed by atoms with Gasteiger partial charge in [-0.05, 0) is 115 Å². The Balaban J connectivity index is 1.91. The molecule has 0 saturated heterocycles. The van der Waals surface area contributed by atoms with Crippen molar-refractivity contribution < 1.29 is 13.6 Å². The van der Waals surface area contributed by atoms with Gasteiger partial charge in [0.2, 0.25) is 0 Å². The summed E-state index contributed by atoms with van der Waals surface area (Å²) in [5.41, 5.74) is 4.42. The number of allylic oxidation sites excluding steroid dienone is 3. The number of carbonyl (C=O) groups is 1. The summed E-state index contributed by atoms with van der Waals surface area (Å²) in [5.74, 6) is 7.54. The standard InChI is InChI=1S/C37H62O3Si2/c1-27(17-14-15-24-38)32-21-22-33-29(18-16-23-37(32,33)9)19-20-30-25-31(39-41(10,11)35(3,4)5)26-34(28(30)2)40-42(12,13)36(6,7)8/h19-20,24,27,31-34H,2,16-18,21-23,25-26H2,1,3-13H3/b29-19+,30-20-/t27-,31-,32-,33+,34+,37-/m1/s1. The van der Waals surface area contributed by atoms with Gasteiger partial charge in [-0.3, -0.25) is 4.79 Å². The van der Waals surface area contributed by atoms with Gasteiger partial charge in [0.1, 0.15) is 0 Å². The fourth-order valence-corrected chi connectivity index (χ4v) is 10.1. The molecule has 0 bridgehead atoms. The first kappa shape index (κ1) is 35.3. The zero-order valence-electron chi connectivity index (χ0n) is 29.2. The monoisotopic (exact) mass is 610 g/mol. The van der Waals surface area contributed by atoms with Gasteiger partial charge in [-0.1, -0.05) is 85.6 Å². The first-order chi connectivity index (χ1) is 19.2. The molecule has 0 aromatic carbocycles. The predicted molar refractivity (Wildman–Crippen MR) is 184 cm³/mol. The van der Waals surface area contributed by atoms with Crippen molar-refractivity contribution in [2.45, 2.75) is 155 Å². The smallest absolute Gasteiger partial charge is 0.192 e. The van der Waals surface area contributed by atoms with E-state index in [4.69, 9.17) is 8.85 Å². The minimum Gasteiger partial charge on any atom is -0.413 e. The van der Waals surface area contributed by atoms with E-state index in [1.807, 2.05) is 0 Å². The molecule has 0 heterocycles. The van der Waals surface area contributed by atoms with Crippen LogP contribution in [0.4, 0.5) is 0 Å². The quantitative estimate of drug-likeness (QED) is 0.163. The van der Waals surface area contributed by atoms with Crippen molar-refractivity contribution in [1.29, 1.82) is 0 Å². The largest absolute Gasteiger partial charge is 0.413 e. The summed E-state index contributed by atoms with van der Waals surface area (Å²) < 4.78 is 14.1. The third-order valence-corrected chi connectivity index (χ3v) is 21.1. The lowest BCUT2D eigenvalue weighted by Crippen LogP contribution is -2.49. The lowest BCUT2D eigenvalue weighted by atomic mass is 9.61. The molecule has 6 atom stereocenters. The van der Waals surface area contributed by atoms with Crippen LogP contribution in [-0.4, -0.2) is 35.1 Å². The molecule has 0 N–H and O–H groups in total. The van der Waals surface area contributed by atoms with Gasteiger partial charge < -0.3 is 8.85 Å². The molecule has 42 heavy (non-hydrogen) atoms. The molecule has 0 unspecified atom stereocenters. The van der Waals surface area contributed by atoms with Gasteiger partial charge in [0.15, 0.2) is 22.9 Å². The van der Waals surface area contributed by atoms with Gasteiger partial charge >= 0.3 is 0 Å². The van der Waals surface area contributed by atoms with Crippen LogP contribution in [0.25, 0.3) is 0 Å². The maximum atomic E-state index is 10.7. The molecular weight excluding hydrogens is 549 g/mol. The summed E-state index contributed by atoms with van der Waals surface area (Å²) in [4.78, 5) is 10.7. The lowest BCUT2D eigenvalue weighted by molar-refractivity contribution is -0.103. The third-order valence-electron chi connectivity index (χ3n) is 12.0. The van der Waals surface area contributed by atoms with Gasteiger partial charge in [-0.25, -0.2) is 0 Å². The predicted octanol–water partition coefficient (Wildman–Crippen LogP) is 10.4. The second-order valence-corrected chi connectivity index (χ2v) is 26.5. The second kappa shape index (κ2) is 13.0. The van der Waals surface area contributed by atoms with Crippen molar-refractivity contribution in [1.82, 2.24) is 0 Å². The topological polar surface area (TPSA) is 35.5 Å². The molecule has 3 nitrogen and oxygen atoms in total. The molecule has 3 aliphatic carbocycles. The van der Waals surface area contributed by atoms with Crippen LogP contribution in [0.15, 0.2) is 35.5 Å². The van der Waals surface area contributed by atoms with Crippen molar-refractivity contribution >= 4 is 22.9 Å². The molecule has 0 aliphatic heterocycles. The van der Waals surface area contributed by atoms with Crippen molar-refractivity contribution in [2.75, 3.05) is 0 Å². The Morgan fingerprint density at radius 3 is 2.24 bits per heavy atom. The number of aldehydes is 1. The van der Waals surface area contributed by atoms with Crippen molar-refractivity contribution in [3.05, 3.63) is 35.5 Å². The molecule has 3 saturated carbocycles. The van der Waals surface area contributed by atoms with Crippen LogP contribution in [0.3, 0.4) is 0 Å². The Morgan fingerprint density at radius 1 is 1.02 bits per heavy atom. The Labute approximate surface area is 261 Å². The van der Waals surface area contributed by atoms with Crippen LogP contribution < -0.4 is 0 Å². The van der Waals surface area contributed by atoms with E-state index in [2.05, 4.69) is 112 Å². The van der Waals surface area contributed by atoms with Gasteiger partial charge in [0, 0.05) is 12.8 Å². The highest BCUT2D eigenvalue weighted by Crippen LogP contribution is 2.59. The fraction of sp³-hybridized carbons (Fsp3) is 0.757. The summed E-state index contributed by atoms with van der Waals surface area (Å²) in [5, 5.41) is 0.318. The second-order valence-electron chi connectivity index (χ2n) is 17.0. The molecule has 0 amide bonds. The van der Waals surface area contributed by atoms with E-state index in [0.717, 1.165) is 31.1 Å². The lowest BCUT2D eigenvalue weighted by Gasteiger charge is -2.45. The number of hydrogen-bond donors (Lipinski definition) is 0. The van der Waals surface area contributed by atoms with Crippen molar-refractivity contribution in [3.8, 4) is 11.8 Å². The highest BCUT2D eigenvalue weighted by atomic mass is 28.4. The Morgan fingerprint density at radius 2 is 1.64 bits per heavy atom. The van der Waals surface area contributed by atoms with Crippen LogP contribution in [0.5, 0.6) is 0 Å². The Hall–Kier alpha value is -1.20. The third kappa shape index (κ3) is 7.71. The minimum absolute atomic E-state index is 0.0138. The average Bonchev–Trinajstić information content (AvgIpc) is 3.21. The van der Waals surface area contributed by atoms with E-state index < -0.39 is 16.6 Å². The normalized spacial score (nSPS) is 32.0. The maximum absolute atomic E-state index is 10.7. The average molecular weight is 611 g/mol. The van der Waals surface area contributed by atoms with E-state index in [0.29, 0.717) is 23.2 Å². The van der Waals surface area contributed by atoms with Crippen LogP contribution in [-0.2, 0) is 13.6 Å². The van der Waals surface area contributed by atoms with E-state index in [9.17, 15) is 4.79 Å². The van der Waals surface area contributed by atoms with Crippen molar-refractivity contribution in [3.63, 3.8) is 0 Å². The molecule has 3 rings (SSSR count). The number of rotatable bonds is 7. The maximum Gasteiger partial charge on any atom is 0.192 e. The summed E-state index contributed by atoms with van der Waals surface area (Å²) in [7, 11) is -3.91. The zero-order chi connectivity index (χ0) is 31.7. The molecule has 0 radical (unpaired) electrons. The Kier molecular flexibility index (Phi) is 11.0. The molecular formula is C37H62O3Si2. The summed E-state index contributed by atoms with van der Waals surface area (Å²) >= 11 is 0. The van der Waals surface area contributed by atoms with Crippen LogP contribution in [0, 0.1) is 35.0 Å². The molecule has 3 aliphatic rings. The van der Waals surface area contributed by atoms with Gasteiger partial charge in [0.25, 0.3) is 0 Å². The first-order valence-electron chi connectivity index (χ1n) is 16.6. The highest BCUT2D eigenvalue weighted by molar-refractivity contribution is 6.74. The van der Waals surface area contributed by atoms with E-state index >= 15 is 0 Å². The minimum atomic E-state index is -1.98. The fourth-order valence-electron chi connectivity index (χ4n) is 7.38. The molecule has 0 spiro atoms. The van der Waals surface area contributed by atoms with Crippen LogP contribution >= 0.6 is 0 Å².